The highest BCUT2D eigenvalue weighted by Gasteiger charge is 2.22. The Bertz CT molecular complexity index is 857. The van der Waals surface area contributed by atoms with Crippen LogP contribution < -0.4 is 15.0 Å². The Labute approximate surface area is 174 Å². The molecule has 154 valence electrons. The molecule has 3 rings (SSSR count). The Balaban J connectivity index is 1.41. The third kappa shape index (κ3) is 5.63. The van der Waals surface area contributed by atoms with Crippen molar-refractivity contribution in [3.05, 3.63) is 54.3 Å². The van der Waals surface area contributed by atoms with E-state index in [9.17, 15) is 14.0 Å². The number of carbonyl (C=O) groups is 2. The van der Waals surface area contributed by atoms with Crippen molar-refractivity contribution in [2.75, 3.05) is 55.0 Å². The van der Waals surface area contributed by atoms with E-state index in [0.717, 1.165) is 24.5 Å². The molecule has 0 aliphatic carbocycles. The molecule has 1 heterocycles. The molecular formula is C21H24FN3O3S. The lowest BCUT2D eigenvalue weighted by atomic mass is 10.2. The topological polar surface area (TPSA) is 61.9 Å². The fourth-order valence-corrected chi connectivity index (χ4v) is 3.88. The number of rotatable bonds is 7. The third-order valence-corrected chi connectivity index (χ3v) is 5.58. The highest BCUT2D eigenvalue weighted by molar-refractivity contribution is 8.00. The Morgan fingerprint density at radius 3 is 2.45 bits per heavy atom. The van der Waals surface area contributed by atoms with Crippen LogP contribution in [0.2, 0.25) is 0 Å². The van der Waals surface area contributed by atoms with Crippen LogP contribution in [0.15, 0.2) is 48.5 Å². The number of anilines is 2. The average molecular weight is 418 g/mol. The van der Waals surface area contributed by atoms with Gasteiger partial charge in [-0.1, -0.05) is 24.3 Å². The minimum absolute atomic E-state index is 0.00775. The van der Waals surface area contributed by atoms with Crippen molar-refractivity contribution < 1.29 is 18.7 Å². The summed E-state index contributed by atoms with van der Waals surface area (Å²) in [5.41, 5.74) is 1.18. The predicted octanol–water partition coefficient (Wildman–Crippen LogP) is 2.85. The molecule has 1 saturated heterocycles. The van der Waals surface area contributed by atoms with E-state index in [2.05, 4.69) is 10.2 Å². The second kappa shape index (κ2) is 10.2. The van der Waals surface area contributed by atoms with Gasteiger partial charge >= 0.3 is 0 Å². The van der Waals surface area contributed by atoms with Crippen molar-refractivity contribution in [3.8, 4) is 5.75 Å². The van der Waals surface area contributed by atoms with Crippen LogP contribution in [0.25, 0.3) is 0 Å². The second-order valence-corrected chi connectivity index (χ2v) is 7.55. The monoisotopic (exact) mass is 417 g/mol. The van der Waals surface area contributed by atoms with Gasteiger partial charge in [0.05, 0.1) is 30.0 Å². The molecule has 0 bridgehead atoms. The first-order valence-electron chi connectivity index (χ1n) is 9.36. The van der Waals surface area contributed by atoms with Gasteiger partial charge in [-0.2, -0.15) is 0 Å². The van der Waals surface area contributed by atoms with Crippen LogP contribution in [-0.4, -0.2) is 61.5 Å². The van der Waals surface area contributed by atoms with Crippen molar-refractivity contribution in [1.29, 1.82) is 0 Å². The number of benzene rings is 2. The van der Waals surface area contributed by atoms with Gasteiger partial charge in [-0.3, -0.25) is 9.59 Å². The summed E-state index contributed by atoms with van der Waals surface area (Å²) < 4.78 is 19.0. The largest absolute Gasteiger partial charge is 0.495 e. The third-order valence-electron chi connectivity index (χ3n) is 4.66. The average Bonchev–Trinajstić information content (AvgIpc) is 2.75. The van der Waals surface area contributed by atoms with Crippen LogP contribution in [0, 0.1) is 5.82 Å². The number of para-hydroxylation sites is 3. The van der Waals surface area contributed by atoms with E-state index in [1.54, 1.807) is 19.2 Å². The molecular weight excluding hydrogens is 393 g/mol. The Morgan fingerprint density at radius 1 is 1.03 bits per heavy atom. The molecule has 6 nitrogen and oxygen atoms in total. The van der Waals surface area contributed by atoms with Crippen LogP contribution in [0.1, 0.15) is 0 Å². The van der Waals surface area contributed by atoms with Gasteiger partial charge in [0.1, 0.15) is 11.6 Å². The van der Waals surface area contributed by atoms with Crippen LogP contribution in [0.3, 0.4) is 0 Å². The standard InChI is InChI=1S/C21H24FN3O3S/c1-28-19-9-5-4-8-18(19)24-10-12-25(13-11-24)21(27)15-29-14-20(26)23-17-7-3-2-6-16(17)22/h2-9H,10-15H2,1H3,(H,23,26). The molecule has 0 saturated carbocycles. The van der Waals surface area contributed by atoms with Crippen LogP contribution in [0.5, 0.6) is 5.75 Å². The number of halogens is 1. The summed E-state index contributed by atoms with van der Waals surface area (Å²) in [6, 6.07) is 13.9. The highest BCUT2D eigenvalue weighted by Crippen LogP contribution is 2.28. The minimum atomic E-state index is -0.477. The van der Waals surface area contributed by atoms with Crippen molar-refractivity contribution >= 4 is 35.0 Å². The number of hydrogen-bond donors (Lipinski definition) is 1. The van der Waals surface area contributed by atoms with Crippen LogP contribution in [-0.2, 0) is 9.59 Å². The smallest absolute Gasteiger partial charge is 0.234 e. The van der Waals surface area contributed by atoms with Crippen LogP contribution >= 0.6 is 11.8 Å². The lowest BCUT2D eigenvalue weighted by Crippen LogP contribution is -2.49. The first-order valence-corrected chi connectivity index (χ1v) is 10.5. The summed E-state index contributed by atoms with van der Waals surface area (Å²) in [6.07, 6.45) is 0. The van der Waals surface area contributed by atoms with Crippen molar-refractivity contribution in [2.45, 2.75) is 0 Å². The molecule has 2 amide bonds. The number of ether oxygens (including phenoxy) is 1. The number of nitrogens with zero attached hydrogens (tertiary/aromatic N) is 2. The van der Waals surface area contributed by atoms with E-state index in [1.807, 2.05) is 29.2 Å². The molecule has 8 heteroatoms. The SMILES string of the molecule is COc1ccccc1N1CCN(C(=O)CSCC(=O)Nc2ccccc2F)CC1. The van der Waals surface area contributed by atoms with E-state index in [1.165, 1.54) is 23.9 Å². The summed E-state index contributed by atoms with van der Waals surface area (Å²) in [5.74, 6) is 0.349. The lowest BCUT2D eigenvalue weighted by molar-refractivity contribution is -0.128. The number of amides is 2. The molecule has 0 atom stereocenters. The number of methoxy groups -OCH3 is 1. The molecule has 0 radical (unpaired) electrons. The van der Waals surface area contributed by atoms with Gasteiger partial charge in [0, 0.05) is 26.2 Å². The zero-order chi connectivity index (χ0) is 20.6. The molecule has 0 aromatic heterocycles. The summed E-state index contributed by atoms with van der Waals surface area (Å²) in [5, 5.41) is 2.52. The zero-order valence-corrected chi connectivity index (χ0v) is 17.1. The Morgan fingerprint density at radius 2 is 1.72 bits per heavy atom. The minimum Gasteiger partial charge on any atom is -0.495 e. The van der Waals surface area contributed by atoms with Gasteiger partial charge in [0.15, 0.2) is 0 Å². The fourth-order valence-electron chi connectivity index (χ4n) is 3.16. The van der Waals surface area contributed by atoms with E-state index in [4.69, 9.17) is 4.74 Å². The number of nitrogens with one attached hydrogen (secondary N) is 1. The quantitative estimate of drug-likeness (QED) is 0.751. The predicted molar refractivity (Wildman–Crippen MR) is 114 cm³/mol. The molecule has 2 aromatic carbocycles. The highest BCUT2D eigenvalue weighted by atomic mass is 32.2. The molecule has 1 fully saturated rings. The summed E-state index contributed by atoms with van der Waals surface area (Å²) in [6.45, 7) is 2.70. The number of hydrogen-bond acceptors (Lipinski definition) is 5. The normalized spacial score (nSPS) is 13.9. The molecule has 29 heavy (non-hydrogen) atoms. The molecule has 1 N–H and O–H groups in total. The van der Waals surface area contributed by atoms with Gasteiger partial charge in [0.25, 0.3) is 0 Å². The van der Waals surface area contributed by atoms with E-state index >= 15 is 0 Å². The number of piperazine rings is 1. The van der Waals surface area contributed by atoms with Crippen molar-refractivity contribution in [3.63, 3.8) is 0 Å². The second-order valence-electron chi connectivity index (χ2n) is 6.56. The molecule has 0 unspecified atom stereocenters. The maximum Gasteiger partial charge on any atom is 0.234 e. The molecule has 1 aliphatic heterocycles. The Kier molecular flexibility index (Phi) is 7.35. The summed E-state index contributed by atoms with van der Waals surface area (Å²) >= 11 is 1.23. The van der Waals surface area contributed by atoms with Gasteiger partial charge in [-0.15, -0.1) is 11.8 Å². The van der Waals surface area contributed by atoms with Crippen molar-refractivity contribution in [1.82, 2.24) is 4.90 Å². The maximum absolute atomic E-state index is 13.6. The first-order chi connectivity index (χ1) is 14.1. The van der Waals surface area contributed by atoms with E-state index in [-0.39, 0.29) is 29.0 Å². The summed E-state index contributed by atoms with van der Waals surface area (Å²) in [7, 11) is 1.65. The van der Waals surface area contributed by atoms with Gasteiger partial charge < -0.3 is 19.9 Å². The van der Waals surface area contributed by atoms with Crippen molar-refractivity contribution in [2.24, 2.45) is 0 Å². The number of carbonyl (C=O) groups excluding carboxylic acids is 2. The molecule has 2 aromatic rings. The fraction of sp³-hybridized carbons (Fsp3) is 0.333. The molecule has 1 aliphatic rings. The van der Waals surface area contributed by atoms with E-state index < -0.39 is 5.82 Å². The Hall–Kier alpha value is -2.74. The maximum atomic E-state index is 13.6. The van der Waals surface area contributed by atoms with Crippen LogP contribution in [0.4, 0.5) is 15.8 Å². The lowest BCUT2D eigenvalue weighted by Gasteiger charge is -2.36. The first kappa shape index (κ1) is 21.0. The van der Waals surface area contributed by atoms with Gasteiger partial charge in [0.2, 0.25) is 11.8 Å². The molecule has 0 spiro atoms. The zero-order valence-electron chi connectivity index (χ0n) is 16.3. The van der Waals surface area contributed by atoms with Gasteiger partial charge in [-0.25, -0.2) is 4.39 Å². The number of thioether (sulfide) groups is 1. The van der Waals surface area contributed by atoms with Gasteiger partial charge in [-0.05, 0) is 24.3 Å². The van der Waals surface area contributed by atoms with E-state index in [0.29, 0.717) is 13.1 Å². The summed E-state index contributed by atoms with van der Waals surface area (Å²) in [4.78, 5) is 28.4.